The minimum absolute atomic E-state index is 0.0613. The number of hydrogen-bond acceptors (Lipinski definition) is 6. The molecule has 7 nitrogen and oxygen atoms in total. The fraction of sp³-hybridized carbons (Fsp3) is 0.583. The van der Waals surface area contributed by atoms with Gasteiger partial charge in [-0.25, -0.2) is 4.79 Å². The Hall–Kier alpha value is -2.70. The van der Waals surface area contributed by atoms with Gasteiger partial charge in [0.1, 0.15) is 18.1 Å². The summed E-state index contributed by atoms with van der Waals surface area (Å²) in [4.78, 5) is 24.2. The van der Waals surface area contributed by atoms with Crippen molar-refractivity contribution in [3.8, 4) is 0 Å². The lowest BCUT2D eigenvalue weighted by Gasteiger charge is -2.47. The molecule has 1 aliphatic carbocycles. The molecule has 1 fully saturated rings. The lowest BCUT2D eigenvalue weighted by molar-refractivity contribution is -0.146. The first kappa shape index (κ1) is 23.0. The van der Waals surface area contributed by atoms with Gasteiger partial charge in [0.15, 0.2) is 6.61 Å². The molecule has 0 bridgehead atoms. The van der Waals surface area contributed by atoms with Gasteiger partial charge in [0.25, 0.3) is 0 Å². The number of carbonyl (C=O) groups excluding carboxylic acids is 2. The standard InChI is InChI=1S/C24H33NO6/c1-23(2)12-18(8-9-21(26)30-14-19-6-4-10-28-19)13-24(3,16-23)17-25-22(27)31-15-20-7-5-11-29-20/h4-7,10-11,18H,8-9,12-17H2,1-3H3,(H,25,27). The van der Waals surface area contributed by atoms with Crippen LogP contribution in [0.5, 0.6) is 0 Å². The summed E-state index contributed by atoms with van der Waals surface area (Å²) in [6, 6.07) is 7.08. The second-order valence-electron chi connectivity index (χ2n) is 9.71. The number of hydrogen-bond donors (Lipinski definition) is 1. The second kappa shape index (κ2) is 10.1. The van der Waals surface area contributed by atoms with E-state index in [0.717, 1.165) is 25.7 Å². The van der Waals surface area contributed by atoms with Crippen molar-refractivity contribution >= 4 is 12.1 Å². The van der Waals surface area contributed by atoms with Crippen molar-refractivity contribution in [3.05, 3.63) is 48.3 Å². The van der Waals surface area contributed by atoms with Crippen LogP contribution < -0.4 is 5.32 Å². The molecular weight excluding hydrogens is 398 g/mol. The predicted octanol–water partition coefficient (Wildman–Crippen LogP) is 5.46. The van der Waals surface area contributed by atoms with Gasteiger partial charge in [0.2, 0.25) is 0 Å². The van der Waals surface area contributed by atoms with E-state index in [1.807, 2.05) is 0 Å². The predicted molar refractivity (Wildman–Crippen MR) is 114 cm³/mol. The van der Waals surface area contributed by atoms with E-state index in [1.54, 1.807) is 36.8 Å². The van der Waals surface area contributed by atoms with E-state index in [2.05, 4.69) is 26.1 Å². The highest BCUT2D eigenvalue weighted by atomic mass is 16.6. The van der Waals surface area contributed by atoms with E-state index in [0.29, 0.717) is 30.4 Å². The number of amides is 1. The summed E-state index contributed by atoms with van der Waals surface area (Å²) in [5.41, 5.74) is 0.0731. The Morgan fingerprint density at radius 3 is 2.29 bits per heavy atom. The molecule has 2 unspecified atom stereocenters. The van der Waals surface area contributed by atoms with Gasteiger partial charge in [-0.1, -0.05) is 20.8 Å². The Balaban J connectivity index is 1.44. The SMILES string of the molecule is CC1(C)CC(CCC(=O)OCc2ccco2)CC(C)(CNC(=O)OCc2ccco2)C1. The number of carbonyl (C=O) groups is 2. The Morgan fingerprint density at radius 2 is 1.68 bits per heavy atom. The monoisotopic (exact) mass is 431 g/mol. The van der Waals surface area contributed by atoms with E-state index in [1.165, 1.54) is 0 Å². The molecule has 7 heteroatoms. The third-order valence-electron chi connectivity index (χ3n) is 5.83. The highest BCUT2D eigenvalue weighted by Crippen LogP contribution is 2.49. The van der Waals surface area contributed by atoms with E-state index < -0.39 is 6.09 Å². The van der Waals surface area contributed by atoms with Gasteiger partial charge in [-0.3, -0.25) is 4.79 Å². The maximum absolute atomic E-state index is 12.1. The van der Waals surface area contributed by atoms with Crippen LogP contribution in [0.15, 0.2) is 45.6 Å². The van der Waals surface area contributed by atoms with Crippen LogP contribution in [0.4, 0.5) is 4.79 Å². The average Bonchev–Trinajstić information content (AvgIpc) is 3.40. The Kier molecular flexibility index (Phi) is 7.46. The number of nitrogens with one attached hydrogen (secondary N) is 1. The van der Waals surface area contributed by atoms with Crippen molar-refractivity contribution in [1.82, 2.24) is 5.32 Å². The van der Waals surface area contributed by atoms with Crippen LogP contribution in [0, 0.1) is 16.7 Å². The topological polar surface area (TPSA) is 90.9 Å². The van der Waals surface area contributed by atoms with Gasteiger partial charge in [-0.05, 0) is 66.7 Å². The largest absolute Gasteiger partial charge is 0.466 e. The average molecular weight is 432 g/mol. The van der Waals surface area contributed by atoms with Crippen molar-refractivity contribution in [2.24, 2.45) is 16.7 Å². The molecule has 1 N–H and O–H groups in total. The summed E-state index contributed by atoms with van der Waals surface area (Å²) in [7, 11) is 0. The van der Waals surface area contributed by atoms with Gasteiger partial charge in [-0.2, -0.15) is 0 Å². The summed E-state index contributed by atoms with van der Waals surface area (Å²) in [5, 5.41) is 2.91. The minimum Gasteiger partial charge on any atom is -0.466 e. The third-order valence-corrected chi connectivity index (χ3v) is 5.83. The molecule has 0 saturated heterocycles. The molecule has 170 valence electrons. The normalized spacial score (nSPS) is 22.6. The van der Waals surface area contributed by atoms with Crippen molar-refractivity contribution in [3.63, 3.8) is 0 Å². The lowest BCUT2D eigenvalue weighted by atomic mass is 9.60. The first-order valence-electron chi connectivity index (χ1n) is 10.8. The van der Waals surface area contributed by atoms with Crippen LogP contribution in [0.25, 0.3) is 0 Å². The van der Waals surface area contributed by atoms with Gasteiger partial charge in [0.05, 0.1) is 12.5 Å². The fourth-order valence-corrected chi connectivity index (χ4v) is 5.00. The van der Waals surface area contributed by atoms with Crippen LogP contribution >= 0.6 is 0 Å². The highest BCUT2D eigenvalue weighted by Gasteiger charge is 2.41. The van der Waals surface area contributed by atoms with Crippen molar-refractivity contribution < 1.29 is 27.9 Å². The zero-order chi connectivity index (χ0) is 22.3. The molecule has 0 radical (unpaired) electrons. The number of furan rings is 2. The molecular formula is C24H33NO6. The van der Waals surface area contributed by atoms with Gasteiger partial charge < -0.3 is 23.6 Å². The van der Waals surface area contributed by atoms with Crippen LogP contribution in [0.2, 0.25) is 0 Å². The van der Waals surface area contributed by atoms with Crippen LogP contribution in [-0.2, 0) is 27.5 Å². The Labute approximate surface area is 183 Å². The van der Waals surface area contributed by atoms with Gasteiger partial charge in [-0.15, -0.1) is 0 Å². The van der Waals surface area contributed by atoms with Crippen LogP contribution in [0.1, 0.15) is 64.4 Å². The molecule has 0 aliphatic heterocycles. The second-order valence-corrected chi connectivity index (χ2v) is 9.71. The van der Waals surface area contributed by atoms with Gasteiger partial charge in [0, 0.05) is 13.0 Å². The Morgan fingerprint density at radius 1 is 1.03 bits per heavy atom. The van der Waals surface area contributed by atoms with E-state index in [4.69, 9.17) is 18.3 Å². The molecule has 0 aromatic carbocycles. The smallest absolute Gasteiger partial charge is 0.407 e. The summed E-state index contributed by atoms with van der Waals surface area (Å²) >= 11 is 0. The van der Waals surface area contributed by atoms with Crippen LogP contribution in [0.3, 0.4) is 0 Å². The number of rotatable bonds is 9. The van der Waals surface area contributed by atoms with Crippen molar-refractivity contribution in [2.75, 3.05) is 6.54 Å². The van der Waals surface area contributed by atoms with E-state index in [-0.39, 0.29) is 30.0 Å². The molecule has 31 heavy (non-hydrogen) atoms. The maximum atomic E-state index is 12.1. The molecule has 1 aliphatic rings. The van der Waals surface area contributed by atoms with Crippen molar-refractivity contribution in [2.45, 2.75) is 66.1 Å². The van der Waals surface area contributed by atoms with E-state index >= 15 is 0 Å². The molecule has 2 aromatic rings. The molecule has 2 aromatic heterocycles. The number of esters is 1. The first-order valence-corrected chi connectivity index (χ1v) is 10.8. The summed E-state index contributed by atoms with van der Waals surface area (Å²) in [6.07, 6.45) is 6.83. The van der Waals surface area contributed by atoms with E-state index in [9.17, 15) is 9.59 Å². The summed E-state index contributed by atoms with van der Waals surface area (Å²) in [5.74, 6) is 1.44. The summed E-state index contributed by atoms with van der Waals surface area (Å²) < 4.78 is 20.9. The first-order chi connectivity index (χ1) is 14.7. The molecule has 1 amide bonds. The van der Waals surface area contributed by atoms with Gasteiger partial charge >= 0.3 is 12.1 Å². The zero-order valence-corrected chi connectivity index (χ0v) is 18.6. The molecule has 2 atom stereocenters. The quantitative estimate of drug-likeness (QED) is 0.531. The fourth-order valence-electron chi connectivity index (χ4n) is 5.00. The third kappa shape index (κ3) is 7.49. The molecule has 0 spiro atoms. The molecule has 1 saturated carbocycles. The number of ether oxygens (including phenoxy) is 2. The maximum Gasteiger partial charge on any atom is 0.407 e. The number of alkyl carbamates (subject to hydrolysis) is 1. The summed E-state index contributed by atoms with van der Waals surface area (Å²) in [6.45, 7) is 7.52. The highest BCUT2D eigenvalue weighted by molar-refractivity contribution is 5.69. The van der Waals surface area contributed by atoms with Crippen LogP contribution in [-0.4, -0.2) is 18.6 Å². The molecule has 3 rings (SSSR count). The lowest BCUT2D eigenvalue weighted by Crippen LogP contribution is -2.43. The minimum atomic E-state index is -0.445. The molecule has 2 heterocycles. The zero-order valence-electron chi connectivity index (χ0n) is 18.6. The Bertz CT molecular complexity index is 826. The van der Waals surface area contributed by atoms with Crippen molar-refractivity contribution in [1.29, 1.82) is 0 Å².